The second-order valence-corrected chi connectivity index (χ2v) is 7.56. The number of fused-ring (bicyclic) bond motifs is 1. The third kappa shape index (κ3) is 3.23. The van der Waals surface area contributed by atoms with Crippen LogP contribution in [-0.4, -0.2) is 25.6 Å². The fourth-order valence-corrected chi connectivity index (χ4v) is 2.72. The highest BCUT2D eigenvalue weighted by Gasteiger charge is 2.27. The lowest BCUT2D eigenvalue weighted by Gasteiger charge is -2.30. The Morgan fingerprint density at radius 2 is 1.85 bits per heavy atom. The summed E-state index contributed by atoms with van der Waals surface area (Å²) in [5, 5.41) is 6.98. The van der Waals surface area contributed by atoms with Crippen LogP contribution in [0.5, 0.6) is 0 Å². The van der Waals surface area contributed by atoms with Crippen molar-refractivity contribution in [1.29, 1.82) is 0 Å². The van der Waals surface area contributed by atoms with Crippen molar-refractivity contribution < 1.29 is 10.2 Å². The summed E-state index contributed by atoms with van der Waals surface area (Å²) in [5.74, 6) is -1.25. The van der Waals surface area contributed by atoms with E-state index in [1.807, 2.05) is 20.8 Å². The molecule has 3 rings (SSSR count). The van der Waals surface area contributed by atoms with Gasteiger partial charge in [-0.3, -0.25) is 0 Å². The molecule has 1 N–H and O–H groups in total. The molecule has 0 saturated carbocycles. The van der Waals surface area contributed by atoms with Crippen molar-refractivity contribution in [1.82, 2.24) is 19.6 Å². The van der Waals surface area contributed by atoms with Gasteiger partial charge in [0.15, 0.2) is 0 Å². The molecule has 0 saturated heterocycles. The minimum Gasteiger partial charge on any atom is -0.366 e. The number of nitrogens with one attached hydrogen (secondary N) is 1. The first-order valence-corrected chi connectivity index (χ1v) is 8.43. The zero-order valence-electron chi connectivity index (χ0n) is 16.2. The molecule has 0 aliphatic heterocycles. The number of hydrogen-bond acceptors (Lipinski definition) is 4. The summed E-state index contributed by atoms with van der Waals surface area (Å²) in [4.78, 5) is 8.08. The predicted octanol–water partition coefficient (Wildman–Crippen LogP) is 4.88. The van der Waals surface area contributed by atoms with Gasteiger partial charge in [-0.1, -0.05) is 32.4 Å². The predicted molar refractivity (Wildman–Crippen MR) is 98.4 cm³/mol. The molecule has 1 atom stereocenters. The van der Waals surface area contributed by atoms with Gasteiger partial charge in [-0.05, 0) is 37.0 Å². The van der Waals surface area contributed by atoms with E-state index in [4.69, 9.17) is 13.0 Å². The van der Waals surface area contributed by atoms with Crippen LogP contribution in [0.25, 0.3) is 16.9 Å². The van der Waals surface area contributed by atoms with Crippen LogP contribution in [0, 0.1) is 24.0 Å². The standard InChI is InChI=1S/C18H20ClF2N5/c1-9-6-11(20)13(12(21)7-9)14-15(19)25-17-22-8-23-26(17)16(14)24-10(2)18(3,4)5/h6-8,10,24H,1-5H3/i10D. The van der Waals surface area contributed by atoms with Crippen molar-refractivity contribution in [2.24, 2.45) is 5.41 Å². The smallest absolute Gasteiger partial charge is 0.255 e. The summed E-state index contributed by atoms with van der Waals surface area (Å²) < 4.78 is 39.4. The Morgan fingerprint density at radius 1 is 1.23 bits per heavy atom. The highest BCUT2D eigenvalue weighted by molar-refractivity contribution is 6.33. The van der Waals surface area contributed by atoms with Crippen molar-refractivity contribution in [2.75, 3.05) is 5.32 Å². The van der Waals surface area contributed by atoms with Gasteiger partial charge >= 0.3 is 0 Å². The topological polar surface area (TPSA) is 55.1 Å². The molecular formula is C18H20ClF2N5. The first-order chi connectivity index (χ1) is 12.4. The molecule has 138 valence electrons. The number of anilines is 1. The number of benzene rings is 1. The lowest BCUT2D eigenvalue weighted by molar-refractivity contribution is 0.358. The van der Waals surface area contributed by atoms with Crippen LogP contribution in [0.3, 0.4) is 0 Å². The SMILES string of the molecule is [2H]C(C)(Nc1c(-c2c(F)cc(C)cc2F)c(Cl)nc2ncnn12)C(C)(C)C. The minimum absolute atomic E-state index is 0.00704. The largest absolute Gasteiger partial charge is 0.366 e. The van der Waals surface area contributed by atoms with Crippen molar-refractivity contribution >= 4 is 23.2 Å². The van der Waals surface area contributed by atoms with E-state index in [-0.39, 0.29) is 27.9 Å². The van der Waals surface area contributed by atoms with Gasteiger partial charge < -0.3 is 5.32 Å². The lowest BCUT2D eigenvalue weighted by atomic mass is 9.88. The Labute approximate surface area is 156 Å². The van der Waals surface area contributed by atoms with E-state index in [1.54, 1.807) is 13.8 Å². The van der Waals surface area contributed by atoms with Gasteiger partial charge in [-0.2, -0.15) is 19.6 Å². The first-order valence-electron chi connectivity index (χ1n) is 8.56. The van der Waals surface area contributed by atoms with Gasteiger partial charge in [0, 0.05) is 6.02 Å². The number of rotatable bonds is 3. The number of halogens is 3. The fraction of sp³-hybridized carbons (Fsp3) is 0.389. The molecule has 26 heavy (non-hydrogen) atoms. The monoisotopic (exact) mass is 380 g/mol. The maximum Gasteiger partial charge on any atom is 0.255 e. The second kappa shape index (κ2) is 6.46. The summed E-state index contributed by atoms with van der Waals surface area (Å²) >= 11 is 6.30. The van der Waals surface area contributed by atoms with Gasteiger partial charge in [0.05, 0.1) is 12.5 Å². The van der Waals surface area contributed by atoms with E-state index >= 15 is 0 Å². The molecule has 2 aromatic heterocycles. The zero-order chi connectivity index (χ0) is 20.1. The number of aromatic nitrogens is 4. The van der Waals surface area contributed by atoms with E-state index < -0.39 is 23.1 Å². The van der Waals surface area contributed by atoms with E-state index in [1.165, 1.54) is 23.0 Å². The van der Waals surface area contributed by atoms with Gasteiger partial charge in [0.2, 0.25) is 0 Å². The third-order valence-corrected chi connectivity index (χ3v) is 4.52. The molecule has 1 unspecified atom stereocenters. The first kappa shape index (κ1) is 17.1. The summed E-state index contributed by atoms with van der Waals surface area (Å²) in [6.07, 6.45) is 1.26. The van der Waals surface area contributed by atoms with Crippen LogP contribution < -0.4 is 5.32 Å². The van der Waals surface area contributed by atoms with Crippen molar-refractivity contribution in [3.05, 3.63) is 40.8 Å². The van der Waals surface area contributed by atoms with E-state index in [2.05, 4.69) is 20.4 Å². The molecule has 0 aliphatic carbocycles. The van der Waals surface area contributed by atoms with Gasteiger partial charge in [-0.15, -0.1) is 0 Å². The molecule has 0 bridgehead atoms. The van der Waals surface area contributed by atoms with Gasteiger partial charge in [-0.25, -0.2) is 8.78 Å². The Morgan fingerprint density at radius 3 is 2.42 bits per heavy atom. The van der Waals surface area contributed by atoms with E-state index in [0.717, 1.165) is 0 Å². The molecule has 3 aromatic rings. The fourth-order valence-electron chi connectivity index (χ4n) is 2.46. The quantitative estimate of drug-likeness (QED) is 0.658. The molecule has 0 amide bonds. The Bertz CT molecular complexity index is 1000. The Balaban J connectivity index is 2.36. The highest BCUT2D eigenvalue weighted by Crippen LogP contribution is 2.38. The van der Waals surface area contributed by atoms with Gasteiger partial charge in [0.25, 0.3) is 5.78 Å². The average molecular weight is 381 g/mol. The van der Waals surface area contributed by atoms with Gasteiger partial charge in [0.1, 0.15) is 28.9 Å². The average Bonchev–Trinajstić information content (AvgIpc) is 2.95. The van der Waals surface area contributed by atoms with Crippen LogP contribution in [-0.2, 0) is 0 Å². The van der Waals surface area contributed by atoms with Crippen LogP contribution >= 0.6 is 11.6 Å². The molecule has 5 nitrogen and oxygen atoms in total. The van der Waals surface area contributed by atoms with E-state index in [0.29, 0.717) is 5.56 Å². The number of aryl methyl sites for hydroxylation is 1. The van der Waals surface area contributed by atoms with Crippen molar-refractivity contribution in [3.8, 4) is 11.1 Å². The minimum atomic E-state index is -1.22. The highest BCUT2D eigenvalue weighted by atomic mass is 35.5. The Kier molecular flexibility index (Phi) is 4.26. The van der Waals surface area contributed by atoms with Crippen molar-refractivity contribution in [2.45, 2.75) is 40.6 Å². The van der Waals surface area contributed by atoms with Crippen LogP contribution in [0.4, 0.5) is 14.6 Å². The van der Waals surface area contributed by atoms with Crippen LogP contribution in [0.15, 0.2) is 18.5 Å². The maximum absolute atomic E-state index is 14.7. The van der Waals surface area contributed by atoms with Crippen LogP contribution in [0.2, 0.25) is 5.15 Å². The van der Waals surface area contributed by atoms with Crippen LogP contribution in [0.1, 0.15) is 34.6 Å². The molecule has 0 radical (unpaired) electrons. The molecule has 0 aliphatic rings. The maximum atomic E-state index is 14.7. The lowest BCUT2D eigenvalue weighted by Crippen LogP contribution is -2.32. The second-order valence-electron chi connectivity index (χ2n) is 7.20. The molecule has 1 aromatic carbocycles. The molecule has 0 fully saturated rings. The molecule has 0 spiro atoms. The zero-order valence-corrected chi connectivity index (χ0v) is 15.9. The molecule has 8 heteroatoms. The summed E-state index contributed by atoms with van der Waals surface area (Å²) in [6.45, 7) is 8.88. The van der Waals surface area contributed by atoms with E-state index in [9.17, 15) is 8.78 Å². The molecular weight excluding hydrogens is 360 g/mol. The number of nitrogens with zero attached hydrogens (tertiary/aromatic N) is 4. The van der Waals surface area contributed by atoms with Crippen molar-refractivity contribution in [3.63, 3.8) is 0 Å². The summed E-state index contributed by atoms with van der Waals surface area (Å²) in [5.41, 5.74) is -0.415. The summed E-state index contributed by atoms with van der Waals surface area (Å²) in [6, 6.07) is 1.21. The normalized spacial score (nSPS) is 15.0. The Hall–Kier alpha value is -2.28. The number of hydrogen-bond donors (Lipinski definition) is 1. The summed E-state index contributed by atoms with van der Waals surface area (Å²) in [7, 11) is 0. The molecule has 2 heterocycles. The third-order valence-electron chi connectivity index (χ3n) is 4.25.